The number of nitrogens with zero attached hydrogens (tertiary/aromatic N) is 1. The number of carbonyl (C=O) groups excluding carboxylic acids is 2. The molecule has 1 saturated carbocycles. The third-order valence-electron chi connectivity index (χ3n) is 5.10. The summed E-state index contributed by atoms with van der Waals surface area (Å²) in [4.78, 5) is 27.7. The van der Waals surface area contributed by atoms with Crippen LogP contribution in [0.25, 0.3) is 0 Å². The average Bonchev–Trinajstić information content (AvgIpc) is 3.32. The molecule has 2 atom stereocenters. The van der Waals surface area contributed by atoms with E-state index in [1.165, 1.54) is 0 Å². The monoisotopic (exact) mass is 286 g/mol. The van der Waals surface area contributed by atoms with E-state index in [9.17, 15) is 9.59 Å². The lowest BCUT2D eigenvalue weighted by Crippen LogP contribution is -2.73. The molecule has 2 amide bonds. The molecule has 0 spiro atoms. The first-order valence-electron chi connectivity index (χ1n) is 7.64. The van der Waals surface area contributed by atoms with Crippen molar-refractivity contribution in [1.29, 1.82) is 0 Å². The summed E-state index contributed by atoms with van der Waals surface area (Å²) in [5, 5.41) is 3.00. The van der Waals surface area contributed by atoms with Gasteiger partial charge in [0.2, 0.25) is 5.91 Å². The van der Waals surface area contributed by atoms with E-state index in [-0.39, 0.29) is 11.8 Å². The fourth-order valence-electron chi connectivity index (χ4n) is 3.50. The zero-order chi connectivity index (χ0) is 15.3. The quantitative estimate of drug-likeness (QED) is 0.924. The van der Waals surface area contributed by atoms with Crippen molar-refractivity contribution in [2.75, 3.05) is 6.54 Å². The van der Waals surface area contributed by atoms with Crippen LogP contribution in [0.4, 0.5) is 0 Å². The van der Waals surface area contributed by atoms with Gasteiger partial charge in [-0.2, -0.15) is 0 Å². The van der Waals surface area contributed by atoms with Gasteiger partial charge in [0.25, 0.3) is 5.91 Å². The maximum atomic E-state index is 13.1. The number of hydrogen-bond donors (Lipinski definition) is 1. The van der Waals surface area contributed by atoms with Gasteiger partial charge in [0.15, 0.2) is 0 Å². The van der Waals surface area contributed by atoms with Crippen molar-refractivity contribution in [3.05, 3.63) is 35.9 Å². The molecule has 1 saturated heterocycles. The molecule has 1 aromatic rings. The Balaban J connectivity index is 2.04. The third-order valence-corrected chi connectivity index (χ3v) is 5.10. The van der Waals surface area contributed by atoms with Crippen molar-refractivity contribution in [3.63, 3.8) is 0 Å². The summed E-state index contributed by atoms with van der Waals surface area (Å²) >= 11 is 0. The van der Waals surface area contributed by atoms with Gasteiger partial charge in [0.1, 0.15) is 11.1 Å². The first-order valence-corrected chi connectivity index (χ1v) is 7.64. The zero-order valence-electron chi connectivity index (χ0n) is 12.8. The number of carbonyl (C=O) groups is 2. The zero-order valence-corrected chi connectivity index (χ0v) is 12.8. The summed E-state index contributed by atoms with van der Waals surface area (Å²) in [6.45, 7) is 6.22. The molecule has 2 aliphatic rings. The number of likely N-dealkylation sites (N-methyl/N-ethyl adjacent to an activating group) is 1. The summed E-state index contributed by atoms with van der Waals surface area (Å²) < 4.78 is 0. The van der Waals surface area contributed by atoms with Crippen LogP contribution in [-0.4, -0.2) is 28.8 Å². The molecule has 1 heterocycles. The number of piperazine rings is 1. The standard InChI is InChI=1S/C17H22N2O2/c1-4-19-15(21)16(2,12-8-6-5-7-9-12)18-14(20)17(19,3)13-10-11-13/h5-9,13H,4,10-11H2,1-3H3,(H,18,20). The highest BCUT2D eigenvalue weighted by Gasteiger charge is 2.60. The van der Waals surface area contributed by atoms with Crippen LogP contribution in [0.5, 0.6) is 0 Å². The van der Waals surface area contributed by atoms with E-state index in [1.54, 1.807) is 11.8 Å². The molecule has 0 radical (unpaired) electrons. The second kappa shape index (κ2) is 4.58. The molecule has 1 aliphatic carbocycles. The summed E-state index contributed by atoms with van der Waals surface area (Å²) in [5.41, 5.74) is -0.831. The van der Waals surface area contributed by atoms with E-state index < -0.39 is 11.1 Å². The molecule has 2 fully saturated rings. The molecule has 1 aromatic carbocycles. The van der Waals surface area contributed by atoms with Crippen LogP contribution in [-0.2, 0) is 15.1 Å². The summed E-state index contributed by atoms with van der Waals surface area (Å²) in [7, 11) is 0. The summed E-state index contributed by atoms with van der Waals surface area (Å²) in [6.07, 6.45) is 2.05. The maximum Gasteiger partial charge on any atom is 0.253 e. The van der Waals surface area contributed by atoms with E-state index in [4.69, 9.17) is 0 Å². The Kier molecular flexibility index (Phi) is 3.08. The predicted octanol–water partition coefficient (Wildman–Crippen LogP) is 2.05. The second-order valence-corrected chi connectivity index (χ2v) is 6.42. The smallest absolute Gasteiger partial charge is 0.253 e. The summed E-state index contributed by atoms with van der Waals surface area (Å²) in [6, 6.07) is 9.49. The van der Waals surface area contributed by atoms with Gasteiger partial charge in [-0.25, -0.2) is 0 Å². The molecule has 21 heavy (non-hydrogen) atoms. The van der Waals surface area contributed by atoms with Crippen LogP contribution in [0, 0.1) is 5.92 Å². The Bertz CT molecular complexity index is 582. The minimum atomic E-state index is -0.969. The van der Waals surface area contributed by atoms with Gasteiger partial charge >= 0.3 is 0 Å². The Morgan fingerprint density at radius 3 is 2.33 bits per heavy atom. The third kappa shape index (κ3) is 1.88. The number of amides is 2. The molecule has 1 aliphatic heterocycles. The van der Waals surface area contributed by atoms with Crippen molar-refractivity contribution in [2.45, 2.75) is 44.7 Å². The van der Waals surface area contributed by atoms with E-state index in [1.807, 2.05) is 44.2 Å². The highest BCUT2D eigenvalue weighted by Crippen LogP contribution is 2.46. The van der Waals surface area contributed by atoms with E-state index >= 15 is 0 Å². The fourth-order valence-corrected chi connectivity index (χ4v) is 3.50. The normalized spacial score (nSPS) is 33.0. The van der Waals surface area contributed by atoms with Crippen LogP contribution in [0.2, 0.25) is 0 Å². The fraction of sp³-hybridized carbons (Fsp3) is 0.529. The molecule has 4 nitrogen and oxygen atoms in total. The lowest BCUT2D eigenvalue weighted by molar-refractivity contribution is -0.163. The molecule has 0 bridgehead atoms. The Morgan fingerprint density at radius 2 is 1.81 bits per heavy atom. The van der Waals surface area contributed by atoms with Gasteiger partial charge in [-0.3, -0.25) is 9.59 Å². The minimum Gasteiger partial charge on any atom is -0.336 e. The number of nitrogens with one attached hydrogen (secondary N) is 1. The molecule has 2 unspecified atom stereocenters. The van der Waals surface area contributed by atoms with Crippen molar-refractivity contribution < 1.29 is 9.59 Å². The number of rotatable bonds is 3. The molecular formula is C17H22N2O2. The Morgan fingerprint density at radius 1 is 1.19 bits per heavy atom. The van der Waals surface area contributed by atoms with Crippen molar-refractivity contribution in [3.8, 4) is 0 Å². The highest BCUT2D eigenvalue weighted by atomic mass is 16.2. The largest absolute Gasteiger partial charge is 0.336 e. The number of benzene rings is 1. The Hall–Kier alpha value is -1.84. The second-order valence-electron chi connectivity index (χ2n) is 6.42. The maximum absolute atomic E-state index is 13.1. The summed E-state index contributed by atoms with van der Waals surface area (Å²) in [5.74, 6) is 0.254. The average molecular weight is 286 g/mol. The van der Waals surface area contributed by atoms with E-state index in [0.29, 0.717) is 12.5 Å². The molecule has 4 heteroatoms. The first-order chi connectivity index (χ1) is 9.94. The van der Waals surface area contributed by atoms with Crippen molar-refractivity contribution >= 4 is 11.8 Å². The minimum absolute atomic E-state index is 0.00907. The van der Waals surface area contributed by atoms with Crippen LogP contribution in [0.15, 0.2) is 30.3 Å². The van der Waals surface area contributed by atoms with Gasteiger partial charge in [0.05, 0.1) is 0 Å². The van der Waals surface area contributed by atoms with Crippen molar-refractivity contribution in [1.82, 2.24) is 10.2 Å². The SMILES string of the molecule is CCN1C(=O)C(C)(c2ccccc2)NC(=O)C1(C)C1CC1. The predicted molar refractivity (Wildman–Crippen MR) is 80.5 cm³/mol. The van der Waals surface area contributed by atoms with Gasteiger partial charge < -0.3 is 10.2 Å². The molecule has 1 N–H and O–H groups in total. The molecule has 3 rings (SSSR count). The Labute approximate surface area is 125 Å². The van der Waals surface area contributed by atoms with Gasteiger partial charge in [0, 0.05) is 6.54 Å². The first kappa shape index (κ1) is 14.1. The van der Waals surface area contributed by atoms with Gasteiger partial charge in [-0.1, -0.05) is 30.3 Å². The van der Waals surface area contributed by atoms with Crippen molar-refractivity contribution in [2.24, 2.45) is 5.92 Å². The van der Waals surface area contributed by atoms with Crippen LogP contribution in [0.3, 0.4) is 0 Å². The lowest BCUT2D eigenvalue weighted by Gasteiger charge is -2.50. The van der Waals surface area contributed by atoms with Gasteiger partial charge in [-0.05, 0) is 45.1 Å². The molecule has 112 valence electrons. The van der Waals surface area contributed by atoms with E-state index in [2.05, 4.69) is 5.32 Å². The molecular weight excluding hydrogens is 264 g/mol. The van der Waals surface area contributed by atoms with Gasteiger partial charge in [-0.15, -0.1) is 0 Å². The van der Waals surface area contributed by atoms with Crippen LogP contribution in [0.1, 0.15) is 39.2 Å². The topological polar surface area (TPSA) is 49.4 Å². The number of hydrogen-bond acceptors (Lipinski definition) is 2. The van der Waals surface area contributed by atoms with Crippen LogP contribution < -0.4 is 5.32 Å². The van der Waals surface area contributed by atoms with Crippen LogP contribution >= 0.6 is 0 Å². The lowest BCUT2D eigenvalue weighted by atomic mass is 9.80. The highest BCUT2D eigenvalue weighted by molar-refractivity contribution is 6.02. The van der Waals surface area contributed by atoms with E-state index in [0.717, 1.165) is 18.4 Å². The molecule has 0 aromatic heterocycles.